The predicted octanol–water partition coefficient (Wildman–Crippen LogP) is 3.16. The van der Waals surface area contributed by atoms with Crippen LogP contribution in [0.3, 0.4) is 0 Å². The molecule has 1 aliphatic heterocycles. The van der Waals surface area contributed by atoms with E-state index >= 15 is 0 Å². The van der Waals surface area contributed by atoms with Crippen molar-refractivity contribution in [1.29, 1.82) is 0 Å². The lowest BCUT2D eigenvalue weighted by atomic mass is 10.2. The molecule has 122 valence electrons. The molecule has 1 fully saturated rings. The standard InChI is InChI=1S/C16H19BrN4OS/c17-13-5-3-12(4-6-13)11-21-8-7-15(20-21)19-16(23)18-10-14-2-1-9-22-14/h3-8,14H,1-2,9-11H2,(H2,18,19,20,23). The van der Waals surface area contributed by atoms with Crippen LogP contribution in [0, 0.1) is 0 Å². The zero-order valence-corrected chi connectivity index (χ0v) is 15.1. The van der Waals surface area contributed by atoms with Gasteiger partial charge < -0.3 is 15.4 Å². The molecule has 2 aromatic rings. The number of aromatic nitrogens is 2. The van der Waals surface area contributed by atoms with Crippen LogP contribution in [-0.2, 0) is 11.3 Å². The van der Waals surface area contributed by atoms with Gasteiger partial charge in [0.25, 0.3) is 0 Å². The van der Waals surface area contributed by atoms with E-state index in [1.54, 1.807) is 0 Å². The number of benzene rings is 1. The molecule has 5 nitrogen and oxygen atoms in total. The van der Waals surface area contributed by atoms with Crippen LogP contribution in [0.25, 0.3) is 0 Å². The molecule has 1 saturated heterocycles. The molecule has 1 aromatic heterocycles. The monoisotopic (exact) mass is 394 g/mol. The first kappa shape index (κ1) is 16.4. The fraction of sp³-hybridized carbons (Fsp3) is 0.375. The number of thiocarbonyl (C=S) groups is 1. The fourth-order valence-corrected chi connectivity index (χ4v) is 2.92. The summed E-state index contributed by atoms with van der Waals surface area (Å²) in [6, 6.07) is 10.1. The van der Waals surface area contributed by atoms with Crippen molar-refractivity contribution < 1.29 is 4.74 Å². The number of rotatable bonds is 5. The minimum atomic E-state index is 0.268. The largest absolute Gasteiger partial charge is 0.376 e. The summed E-state index contributed by atoms with van der Waals surface area (Å²) in [5.74, 6) is 0.743. The van der Waals surface area contributed by atoms with Gasteiger partial charge in [0.2, 0.25) is 0 Å². The van der Waals surface area contributed by atoms with Crippen LogP contribution in [0.1, 0.15) is 18.4 Å². The highest BCUT2D eigenvalue weighted by Gasteiger charge is 2.15. The molecule has 2 N–H and O–H groups in total. The lowest BCUT2D eigenvalue weighted by Gasteiger charge is -2.12. The van der Waals surface area contributed by atoms with Gasteiger partial charge in [0.05, 0.1) is 12.6 Å². The lowest BCUT2D eigenvalue weighted by molar-refractivity contribution is 0.114. The van der Waals surface area contributed by atoms with Crippen LogP contribution < -0.4 is 10.6 Å². The summed E-state index contributed by atoms with van der Waals surface area (Å²) >= 11 is 8.73. The SMILES string of the molecule is S=C(NCC1CCCO1)Nc1ccn(Cc2ccc(Br)cc2)n1. The lowest BCUT2D eigenvalue weighted by Crippen LogP contribution is -2.34. The van der Waals surface area contributed by atoms with Gasteiger partial charge in [-0.25, -0.2) is 0 Å². The summed E-state index contributed by atoms with van der Waals surface area (Å²) in [5.41, 5.74) is 1.20. The van der Waals surface area contributed by atoms with E-state index in [-0.39, 0.29) is 6.10 Å². The third-order valence-electron chi connectivity index (χ3n) is 3.65. The smallest absolute Gasteiger partial charge is 0.172 e. The number of hydrogen-bond acceptors (Lipinski definition) is 3. The van der Waals surface area contributed by atoms with Gasteiger partial charge in [0.1, 0.15) is 0 Å². The summed E-state index contributed by atoms with van der Waals surface area (Å²) in [4.78, 5) is 0. The van der Waals surface area contributed by atoms with E-state index in [4.69, 9.17) is 17.0 Å². The second-order valence-corrected chi connectivity index (χ2v) is 6.82. The van der Waals surface area contributed by atoms with Gasteiger partial charge in [0.15, 0.2) is 10.9 Å². The van der Waals surface area contributed by atoms with Gasteiger partial charge in [-0.3, -0.25) is 4.68 Å². The Bertz CT molecular complexity index is 652. The fourth-order valence-electron chi connectivity index (χ4n) is 2.47. The summed E-state index contributed by atoms with van der Waals surface area (Å²) in [5, 5.41) is 11.3. The first-order valence-corrected chi connectivity index (χ1v) is 8.83. The molecule has 0 aliphatic carbocycles. The molecule has 0 bridgehead atoms. The highest BCUT2D eigenvalue weighted by Crippen LogP contribution is 2.13. The van der Waals surface area contributed by atoms with E-state index < -0.39 is 0 Å². The van der Waals surface area contributed by atoms with Gasteiger partial charge >= 0.3 is 0 Å². The molecule has 7 heteroatoms. The van der Waals surface area contributed by atoms with Crippen molar-refractivity contribution in [3.8, 4) is 0 Å². The second-order valence-electron chi connectivity index (χ2n) is 5.50. The number of hydrogen-bond donors (Lipinski definition) is 2. The summed E-state index contributed by atoms with van der Waals surface area (Å²) in [6.07, 6.45) is 4.43. The molecule has 1 unspecified atom stereocenters. The Balaban J connectivity index is 1.48. The normalized spacial score (nSPS) is 17.2. The highest BCUT2D eigenvalue weighted by atomic mass is 79.9. The van der Waals surface area contributed by atoms with Crippen molar-refractivity contribution in [1.82, 2.24) is 15.1 Å². The molecule has 0 radical (unpaired) electrons. The maximum atomic E-state index is 5.56. The number of ether oxygens (including phenoxy) is 1. The summed E-state index contributed by atoms with van der Waals surface area (Å²) < 4.78 is 8.52. The summed E-state index contributed by atoms with van der Waals surface area (Å²) in [7, 11) is 0. The zero-order valence-electron chi connectivity index (χ0n) is 12.7. The highest BCUT2D eigenvalue weighted by molar-refractivity contribution is 9.10. The van der Waals surface area contributed by atoms with Crippen LogP contribution in [0.2, 0.25) is 0 Å². The summed E-state index contributed by atoms with van der Waals surface area (Å²) in [6.45, 7) is 2.32. The predicted molar refractivity (Wildman–Crippen MR) is 98.7 cm³/mol. The van der Waals surface area contributed by atoms with Crippen molar-refractivity contribution in [2.75, 3.05) is 18.5 Å². The average Bonchev–Trinajstić information content (AvgIpc) is 3.20. The molecule has 2 heterocycles. The van der Waals surface area contributed by atoms with Crippen molar-refractivity contribution >= 4 is 39.1 Å². The van der Waals surface area contributed by atoms with E-state index in [0.717, 1.165) is 42.8 Å². The minimum absolute atomic E-state index is 0.268. The Morgan fingerprint density at radius 2 is 2.17 bits per heavy atom. The van der Waals surface area contributed by atoms with Gasteiger partial charge in [-0.05, 0) is 42.8 Å². The van der Waals surface area contributed by atoms with E-state index in [9.17, 15) is 0 Å². The Kier molecular flexibility index (Phi) is 5.64. The van der Waals surface area contributed by atoms with Crippen molar-refractivity contribution in [2.45, 2.75) is 25.5 Å². The van der Waals surface area contributed by atoms with Crippen LogP contribution in [0.15, 0.2) is 41.0 Å². The van der Waals surface area contributed by atoms with Crippen molar-refractivity contribution in [2.24, 2.45) is 0 Å². The number of anilines is 1. The molecule has 3 rings (SSSR count). The van der Waals surface area contributed by atoms with Crippen LogP contribution >= 0.6 is 28.1 Å². The van der Waals surface area contributed by atoms with Gasteiger partial charge in [-0.1, -0.05) is 28.1 Å². The Labute approximate surface area is 149 Å². The Morgan fingerprint density at radius 1 is 1.35 bits per heavy atom. The average molecular weight is 395 g/mol. The molecule has 0 spiro atoms. The van der Waals surface area contributed by atoms with Crippen LogP contribution in [-0.4, -0.2) is 34.1 Å². The zero-order chi connectivity index (χ0) is 16.1. The molecule has 23 heavy (non-hydrogen) atoms. The topological polar surface area (TPSA) is 51.1 Å². The number of halogens is 1. The maximum absolute atomic E-state index is 5.56. The molecular weight excluding hydrogens is 376 g/mol. The maximum Gasteiger partial charge on any atom is 0.172 e. The van der Waals surface area contributed by atoms with E-state index in [1.165, 1.54) is 5.56 Å². The van der Waals surface area contributed by atoms with E-state index in [0.29, 0.717) is 5.11 Å². The first-order chi connectivity index (χ1) is 11.2. The molecular formula is C16H19BrN4OS. The Hall–Kier alpha value is -1.44. The first-order valence-electron chi connectivity index (χ1n) is 7.63. The second kappa shape index (κ2) is 7.90. The van der Waals surface area contributed by atoms with Crippen LogP contribution in [0.4, 0.5) is 5.82 Å². The van der Waals surface area contributed by atoms with Crippen LogP contribution in [0.5, 0.6) is 0 Å². The molecule has 1 aliphatic rings. The quantitative estimate of drug-likeness (QED) is 0.762. The van der Waals surface area contributed by atoms with E-state index in [1.807, 2.05) is 29.1 Å². The van der Waals surface area contributed by atoms with Gasteiger partial charge in [-0.2, -0.15) is 5.10 Å². The van der Waals surface area contributed by atoms with Crippen molar-refractivity contribution in [3.63, 3.8) is 0 Å². The van der Waals surface area contributed by atoms with Gasteiger partial charge in [0, 0.05) is 29.9 Å². The third-order valence-corrected chi connectivity index (χ3v) is 4.43. The minimum Gasteiger partial charge on any atom is -0.376 e. The van der Waals surface area contributed by atoms with E-state index in [2.05, 4.69) is 43.8 Å². The van der Waals surface area contributed by atoms with Crippen molar-refractivity contribution in [3.05, 3.63) is 46.6 Å². The third kappa shape index (κ3) is 5.02. The molecule has 0 saturated carbocycles. The molecule has 0 amide bonds. The number of nitrogens with one attached hydrogen (secondary N) is 2. The molecule has 1 atom stereocenters. The number of nitrogens with zero attached hydrogens (tertiary/aromatic N) is 2. The molecule has 1 aromatic carbocycles. The Morgan fingerprint density at radius 3 is 2.91 bits per heavy atom. The van der Waals surface area contributed by atoms with Gasteiger partial charge in [-0.15, -0.1) is 0 Å².